The van der Waals surface area contributed by atoms with Crippen molar-refractivity contribution < 1.29 is 4.74 Å². The van der Waals surface area contributed by atoms with Gasteiger partial charge >= 0.3 is 0 Å². The van der Waals surface area contributed by atoms with E-state index in [0.29, 0.717) is 12.6 Å². The molecule has 5 nitrogen and oxygen atoms in total. The molecule has 0 aliphatic heterocycles. The zero-order chi connectivity index (χ0) is 20.3. The summed E-state index contributed by atoms with van der Waals surface area (Å²) in [7, 11) is 2.02. The second kappa shape index (κ2) is 8.28. The molecule has 0 spiro atoms. The number of ether oxygens (including phenoxy) is 1. The largest absolute Gasteiger partial charge is 0.489 e. The van der Waals surface area contributed by atoms with Gasteiger partial charge in [-0.05, 0) is 55.6 Å². The van der Waals surface area contributed by atoms with Crippen LogP contribution < -0.4 is 10.1 Å². The van der Waals surface area contributed by atoms with Crippen LogP contribution in [0, 0.1) is 5.92 Å². The first-order valence-corrected chi connectivity index (χ1v) is 10.5. The van der Waals surface area contributed by atoms with Crippen LogP contribution in [0.5, 0.6) is 5.75 Å². The van der Waals surface area contributed by atoms with E-state index in [2.05, 4.69) is 56.4 Å². The van der Waals surface area contributed by atoms with Crippen LogP contribution >= 0.6 is 0 Å². The van der Waals surface area contributed by atoms with Gasteiger partial charge in [0.1, 0.15) is 24.3 Å². The maximum absolute atomic E-state index is 6.05. The smallest absolute Gasteiger partial charge is 0.144 e. The molecule has 1 fully saturated rings. The van der Waals surface area contributed by atoms with E-state index in [0.717, 1.165) is 45.9 Å². The van der Waals surface area contributed by atoms with Crippen LogP contribution in [0.1, 0.15) is 24.4 Å². The normalized spacial score (nSPS) is 18.3. The number of hydrogen-bond donors (Lipinski definition) is 1. The molecule has 5 heteroatoms. The highest BCUT2D eigenvalue weighted by molar-refractivity contribution is 5.93. The van der Waals surface area contributed by atoms with Gasteiger partial charge in [-0.15, -0.1) is 0 Å². The Hall–Kier alpha value is -3.18. The van der Waals surface area contributed by atoms with Gasteiger partial charge in [0.2, 0.25) is 0 Å². The summed E-state index contributed by atoms with van der Waals surface area (Å²) in [5.41, 5.74) is 4.47. The Labute approximate surface area is 176 Å². The Kier molecular flexibility index (Phi) is 5.20. The second-order valence-electron chi connectivity index (χ2n) is 8.06. The van der Waals surface area contributed by atoms with Crippen molar-refractivity contribution in [2.24, 2.45) is 5.92 Å². The van der Waals surface area contributed by atoms with Crippen molar-refractivity contribution in [3.8, 4) is 16.9 Å². The zero-order valence-corrected chi connectivity index (χ0v) is 17.2. The molecule has 2 heterocycles. The predicted octanol–water partition coefficient (Wildman–Crippen LogP) is 4.85. The van der Waals surface area contributed by atoms with Crippen molar-refractivity contribution in [2.45, 2.75) is 25.5 Å². The van der Waals surface area contributed by atoms with Crippen LogP contribution in [0.3, 0.4) is 0 Å². The van der Waals surface area contributed by atoms with Crippen molar-refractivity contribution in [3.63, 3.8) is 0 Å². The molecule has 1 aliphatic rings. The molecule has 0 unspecified atom stereocenters. The van der Waals surface area contributed by atoms with Gasteiger partial charge in [-0.25, -0.2) is 9.97 Å². The van der Waals surface area contributed by atoms with E-state index in [1.54, 1.807) is 6.33 Å². The Balaban J connectivity index is 1.42. The van der Waals surface area contributed by atoms with Crippen LogP contribution in [-0.2, 0) is 6.61 Å². The first kappa shape index (κ1) is 18.8. The fourth-order valence-corrected chi connectivity index (χ4v) is 4.37. The fraction of sp³-hybridized carbons (Fsp3) is 0.280. The molecule has 0 bridgehead atoms. The molecule has 2 aromatic carbocycles. The molecular weight excluding hydrogens is 372 g/mol. The number of nitrogens with zero attached hydrogens (tertiary/aromatic N) is 3. The number of nitrogens with one attached hydrogen (secondary N) is 1. The summed E-state index contributed by atoms with van der Waals surface area (Å²) in [6, 6.07) is 19.1. The Morgan fingerprint density at radius 3 is 2.80 bits per heavy atom. The van der Waals surface area contributed by atoms with Crippen LogP contribution in [0.4, 0.5) is 0 Å². The molecule has 0 radical (unpaired) electrons. The lowest BCUT2D eigenvalue weighted by atomic mass is 9.80. The molecule has 152 valence electrons. The van der Waals surface area contributed by atoms with Gasteiger partial charge in [0.25, 0.3) is 0 Å². The van der Waals surface area contributed by atoms with Crippen molar-refractivity contribution >= 4 is 11.0 Å². The summed E-state index contributed by atoms with van der Waals surface area (Å²) in [5.74, 6) is 1.62. The van der Waals surface area contributed by atoms with Crippen molar-refractivity contribution in [1.82, 2.24) is 19.9 Å². The standard InChI is InChI=1S/C25H26N4O/c1-26-13-19-10-21(11-19)29-15-24(23-14-27-17-28-25(23)29)20-8-5-9-22(12-20)30-16-18-6-3-2-4-7-18/h2-9,12,14-15,17,19,21,26H,10-11,13,16H2,1H3. The minimum Gasteiger partial charge on any atom is -0.489 e. The van der Waals surface area contributed by atoms with Gasteiger partial charge in [-0.2, -0.15) is 0 Å². The zero-order valence-electron chi connectivity index (χ0n) is 17.2. The number of aromatic nitrogens is 3. The van der Waals surface area contributed by atoms with Crippen LogP contribution in [0.15, 0.2) is 73.3 Å². The van der Waals surface area contributed by atoms with Crippen molar-refractivity contribution in [1.29, 1.82) is 0 Å². The molecule has 4 aromatic rings. The highest BCUT2D eigenvalue weighted by Crippen LogP contribution is 2.41. The average molecular weight is 399 g/mol. The number of hydrogen-bond acceptors (Lipinski definition) is 4. The van der Waals surface area contributed by atoms with Crippen molar-refractivity contribution in [2.75, 3.05) is 13.6 Å². The van der Waals surface area contributed by atoms with E-state index < -0.39 is 0 Å². The van der Waals surface area contributed by atoms with E-state index in [1.165, 1.54) is 12.8 Å². The quantitative estimate of drug-likeness (QED) is 0.484. The summed E-state index contributed by atoms with van der Waals surface area (Å²) in [5, 5.41) is 4.38. The maximum Gasteiger partial charge on any atom is 0.144 e. The Morgan fingerprint density at radius 1 is 1.10 bits per heavy atom. The van der Waals surface area contributed by atoms with E-state index >= 15 is 0 Å². The van der Waals surface area contributed by atoms with Crippen LogP contribution in [0.2, 0.25) is 0 Å². The van der Waals surface area contributed by atoms with E-state index in [4.69, 9.17) is 4.74 Å². The molecule has 1 aliphatic carbocycles. The van der Waals surface area contributed by atoms with Crippen molar-refractivity contribution in [3.05, 3.63) is 78.9 Å². The highest BCUT2D eigenvalue weighted by Gasteiger charge is 2.31. The fourth-order valence-electron chi connectivity index (χ4n) is 4.37. The molecule has 2 aromatic heterocycles. The third-order valence-electron chi connectivity index (χ3n) is 5.98. The second-order valence-corrected chi connectivity index (χ2v) is 8.06. The summed E-state index contributed by atoms with van der Waals surface area (Å²) < 4.78 is 8.39. The van der Waals surface area contributed by atoms with Gasteiger partial charge < -0.3 is 14.6 Å². The first-order valence-electron chi connectivity index (χ1n) is 10.5. The predicted molar refractivity (Wildman–Crippen MR) is 119 cm³/mol. The van der Waals surface area contributed by atoms with Gasteiger partial charge in [0.05, 0.1) is 0 Å². The minimum absolute atomic E-state index is 0.506. The van der Waals surface area contributed by atoms with Gasteiger partial charge in [0.15, 0.2) is 0 Å². The molecule has 0 atom stereocenters. The van der Waals surface area contributed by atoms with Crippen LogP contribution in [0.25, 0.3) is 22.2 Å². The summed E-state index contributed by atoms with van der Waals surface area (Å²) in [6.45, 7) is 1.64. The van der Waals surface area contributed by atoms with E-state index in [9.17, 15) is 0 Å². The lowest BCUT2D eigenvalue weighted by Gasteiger charge is -2.36. The maximum atomic E-state index is 6.05. The summed E-state index contributed by atoms with van der Waals surface area (Å²) in [6.07, 6.45) is 8.19. The molecular formula is C25H26N4O. The van der Waals surface area contributed by atoms with Crippen LogP contribution in [-0.4, -0.2) is 28.1 Å². The van der Waals surface area contributed by atoms with Gasteiger partial charge in [0, 0.05) is 29.4 Å². The number of fused-ring (bicyclic) bond motifs is 1. The molecule has 0 saturated heterocycles. The number of benzene rings is 2. The summed E-state index contributed by atoms with van der Waals surface area (Å²) in [4.78, 5) is 8.90. The lowest BCUT2D eigenvalue weighted by Crippen LogP contribution is -2.33. The number of rotatable bonds is 7. The van der Waals surface area contributed by atoms with Gasteiger partial charge in [-0.3, -0.25) is 0 Å². The third-order valence-corrected chi connectivity index (χ3v) is 5.98. The third kappa shape index (κ3) is 3.68. The monoisotopic (exact) mass is 398 g/mol. The molecule has 1 saturated carbocycles. The topological polar surface area (TPSA) is 52.0 Å². The SMILES string of the molecule is CNCC1CC(n2cc(-c3cccc(OCc4ccccc4)c3)c3cncnc32)C1. The molecule has 30 heavy (non-hydrogen) atoms. The molecule has 5 rings (SSSR count). The molecule has 0 amide bonds. The van der Waals surface area contributed by atoms with E-state index in [-0.39, 0.29) is 0 Å². The van der Waals surface area contributed by atoms with Gasteiger partial charge in [-0.1, -0.05) is 42.5 Å². The average Bonchev–Trinajstić information content (AvgIpc) is 3.15. The Morgan fingerprint density at radius 2 is 1.97 bits per heavy atom. The summed E-state index contributed by atoms with van der Waals surface area (Å²) >= 11 is 0. The lowest BCUT2D eigenvalue weighted by molar-refractivity contribution is 0.200. The van der Waals surface area contributed by atoms with E-state index in [1.807, 2.05) is 37.5 Å². The minimum atomic E-state index is 0.506. The molecule has 1 N–H and O–H groups in total. The highest BCUT2D eigenvalue weighted by atomic mass is 16.5. The first-order chi connectivity index (χ1) is 14.8. The Bertz CT molecular complexity index is 1130.